The highest BCUT2D eigenvalue weighted by Crippen LogP contribution is 2.25. The molecule has 0 saturated carbocycles. The zero-order valence-corrected chi connectivity index (χ0v) is 15.6. The summed E-state index contributed by atoms with van der Waals surface area (Å²) in [6.07, 6.45) is 0.0754. The number of benzene rings is 1. The minimum atomic E-state index is -2.90. The minimum absolute atomic E-state index is 0. The van der Waals surface area contributed by atoms with Crippen LogP contribution < -0.4 is 10.5 Å². The Morgan fingerprint density at radius 3 is 2.96 bits per heavy atom. The first kappa shape index (κ1) is 20.2. The summed E-state index contributed by atoms with van der Waals surface area (Å²) in [5.74, 6) is 0.393. The lowest BCUT2D eigenvalue weighted by Crippen LogP contribution is -2.47. The summed E-state index contributed by atoms with van der Waals surface area (Å²) < 4.78 is 34.7. The Bertz CT molecular complexity index is 549. The predicted octanol–water partition coefficient (Wildman–Crippen LogP) is 3.09. The number of morpholine rings is 1. The number of hydrogen-bond acceptors (Lipinski definition) is 3. The second-order valence-electron chi connectivity index (χ2n) is 4.93. The van der Waals surface area contributed by atoms with Crippen LogP contribution in [0, 0.1) is 0 Å². The number of halogens is 4. The van der Waals surface area contributed by atoms with Gasteiger partial charge in [0.15, 0.2) is 5.96 Å². The second-order valence-corrected chi connectivity index (χ2v) is 5.37. The van der Waals surface area contributed by atoms with Gasteiger partial charge >= 0.3 is 6.61 Å². The van der Waals surface area contributed by atoms with E-state index in [-0.39, 0.29) is 42.4 Å². The van der Waals surface area contributed by atoms with Crippen molar-refractivity contribution in [2.24, 2.45) is 10.7 Å². The van der Waals surface area contributed by atoms with Crippen LogP contribution in [0.5, 0.6) is 5.75 Å². The molecule has 0 aromatic heterocycles. The van der Waals surface area contributed by atoms with Gasteiger partial charge < -0.3 is 20.1 Å². The van der Waals surface area contributed by atoms with Gasteiger partial charge in [0.25, 0.3) is 0 Å². The molecule has 1 atom stereocenters. The molecule has 23 heavy (non-hydrogen) atoms. The highest BCUT2D eigenvalue weighted by molar-refractivity contribution is 14.0. The smallest absolute Gasteiger partial charge is 0.387 e. The van der Waals surface area contributed by atoms with E-state index in [9.17, 15) is 8.78 Å². The van der Waals surface area contributed by atoms with Crippen molar-refractivity contribution in [1.82, 2.24) is 4.90 Å². The van der Waals surface area contributed by atoms with Crippen LogP contribution >= 0.6 is 35.6 Å². The second kappa shape index (κ2) is 9.43. The van der Waals surface area contributed by atoms with Crippen molar-refractivity contribution in [2.75, 3.05) is 19.7 Å². The number of nitrogens with zero attached hydrogens (tertiary/aromatic N) is 2. The average molecular weight is 462 g/mol. The number of ether oxygens (including phenoxy) is 2. The van der Waals surface area contributed by atoms with Crippen LogP contribution in [0.2, 0.25) is 5.02 Å². The van der Waals surface area contributed by atoms with Crippen molar-refractivity contribution < 1.29 is 18.3 Å². The lowest BCUT2D eigenvalue weighted by Gasteiger charge is -2.31. The first-order valence-corrected chi connectivity index (χ1v) is 7.23. The molecule has 5 nitrogen and oxygen atoms in total. The Morgan fingerprint density at radius 1 is 1.57 bits per heavy atom. The normalized spacial score (nSPS) is 18.7. The summed E-state index contributed by atoms with van der Waals surface area (Å²) in [4.78, 5) is 6.14. The van der Waals surface area contributed by atoms with Crippen molar-refractivity contribution in [3.8, 4) is 5.75 Å². The maximum Gasteiger partial charge on any atom is 0.387 e. The zero-order valence-electron chi connectivity index (χ0n) is 12.5. The third-order valence-electron chi connectivity index (χ3n) is 3.22. The van der Waals surface area contributed by atoms with E-state index in [1.165, 1.54) is 18.2 Å². The van der Waals surface area contributed by atoms with Gasteiger partial charge in [-0.15, -0.1) is 24.0 Å². The van der Waals surface area contributed by atoms with Crippen LogP contribution in [0.1, 0.15) is 12.5 Å². The lowest BCUT2D eigenvalue weighted by molar-refractivity contribution is -0.0504. The van der Waals surface area contributed by atoms with Gasteiger partial charge in [0.1, 0.15) is 5.75 Å². The number of aliphatic imine (C=N–C) groups is 1. The Kier molecular flexibility index (Phi) is 8.27. The Morgan fingerprint density at radius 2 is 2.30 bits per heavy atom. The minimum Gasteiger partial charge on any atom is -0.434 e. The summed E-state index contributed by atoms with van der Waals surface area (Å²) in [5.41, 5.74) is 6.40. The van der Waals surface area contributed by atoms with Crippen LogP contribution in [-0.4, -0.2) is 43.3 Å². The number of hydrogen-bond donors (Lipinski definition) is 1. The molecule has 1 fully saturated rings. The van der Waals surface area contributed by atoms with Crippen LogP contribution in [0.3, 0.4) is 0 Å². The van der Waals surface area contributed by atoms with Crippen molar-refractivity contribution in [3.63, 3.8) is 0 Å². The average Bonchev–Trinajstić information content (AvgIpc) is 2.46. The first-order valence-electron chi connectivity index (χ1n) is 6.85. The summed E-state index contributed by atoms with van der Waals surface area (Å²) in [7, 11) is 0. The lowest BCUT2D eigenvalue weighted by atomic mass is 10.2. The van der Waals surface area contributed by atoms with E-state index in [0.29, 0.717) is 36.2 Å². The fourth-order valence-electron chi connectivity index (χ4n) is 2.18. The van der Waals surface area contributed by atoms with E-state index in [2.05, 4.69) is 9.73 Å². The van der Waals surface area contributed by atoms with Crippen molar-refractivity contribution >= 4 is 41.5 Å². The maximum atomic E-state index is 12.4. The van der Waals surface area contributed by atoms with Crippen molar-refractivity contribution in [3.05, 3.63) is 28.8 Å². The number of guanidine groups is 1. The largest absolute Gasteiger partial charge is 0.434 e. The highest BCUT2D eigenvalue weighted by atomic mass is 127. The summed E-state index contributed by atoms with van der Waals surface area (Å²) in [5, 5.41) is 0.422. The Labute approximate surface area is 155 Å². The van der Waals surface area contributed by atoms with Crippen LogP contribution in [-0.2, 0) is 11.3 Å². The molecule has 0 radical (unpaired) electrons. The summed E-state index contributed by atoms with van der Waals surface area (Å²) in [6.45, 7) is 1.03. The molecule has 1 aromatic carbocycles. The van der Waals surface area contributed by atoms with E-state index in [4.69, 9.17) is 22.1 Å². The molecule has 2 rings (SSSR count). The van der Waals surface area contributed by atoms with E-state index in [0.717, 1.165) is 0 Å². The molecule has 1 aromatic rings. The van der Waals surface area contributed by atoms with E-state index >= 15 is 0 Å². The van der Waals surface area contributed by atoms with Gasteiger partial charge in [-0.3, -0.25) is 0 Å². The van der Waals surface area contributed by atoms with Gasteiger partial charge in [-0.05, 0) is 25.1 Å². The molecular weight excluding hydrogens is 443 g/mol. The Balaban J connectivity index is 0.00000264. The molecule has 1 heterocycles. The SMILES string of the molecule is CC1CN(C(N)=NCc2cc(Cl)ccc2OC(F)F)CCO1.I. The summed E-state index contributed by atoms with van der Waals surface area (Å²) >= 11 is 5.89. The molecule has 2 N–H and O–H groups in total. The van der Waals surface area contributed by atoms with Gasteiger partial charge in [-0.25, -0.2) is 4.99 Å². The molecule has 130 valence electrons. The van der Waals surface area contributed by atoms with Crippen LogP contribution in [0.4, 0.5) is 8.78 Å². The molecule has 0 amide bonds. The van der Waals surface area contributed by atoms with Crippen molar-refractivity contribution in [1.29, 1.82) is 0 Å². The molecule has 0 aliphatic carbocycles. The molecule has 1 aliphatic rings. The Hall–Kier alpha value is -0.870. The van der Waals surface area contributed by atoms with E-state index in [1.807, 2.05) is 11.8 Å². The van der Waals surface area contributed by atoms with E-state index in [1.54, 1.807) is 0 Å². The molecule has 1 unspecified atom stereocenters. The fourth-order valence-corrected chi connectivity index (χ4v) is 2.37. The number of nitrogens with two attached hydrogens (primary N) is 1. The first-order chi connectivity index (χ1) is 10.5. The molecule has 0 bridgehead atoms. The third-order valence-corrected chi connectivity index (χ3v) is 3.45. The quantitative estimate of drug-likeness (QED) is 0.425. The summed E-state index contributed by atoms with van der Waals surface area (Å²) in [6, 6.07) is 4.42. The molecular formula is C14H19ClF2IN3O2. The van der Waals surface area contributed by atoms with Crippen LogP contribution in [0.25, 0.3) is 0 Å². The monoisotopic (exact) mass is 461 g/mol. The molecule has 0 spiro atoms. The van der Waals surface area contributed by atoms with Gasteiger partial charge in [0.2, 0.25) is 0 Å². The van der Waals surface area contributed by atoms with Gasteiger partial charge in [0, 0.05) is 23.7 Å². The van der Waals surface area contributed by atoms with Crippen LogP contribution in [0.15, 0.2) is 23.2 Å². The molecule has 1 saturated heterocycles. The van der Waals surface area contributed by atoms with Crippen molar-refractivity contribution in [2.45, 2.75) is 26.2 Å². The predicted molar refractivity (Wildman–Crippen MR) is 95.8 cm³/mol. The number of rotatable bonds is 4. The maximum absolute atomic E-state index is 12.4. The van der Waals surface area contributed by atoms with E-state index < -0.39 is 6.61 Å². The molecule has 9 heteroatoms. The van der Waals surface area contributed by atoms with Gasteiger partial charge in [0.05, 0.1) is 19.3 Å². The number of alkyl halides is 2. The fraction of sp³-hybridized carbons (Fsp3) is 0.500. The standard InChI is InChI=1S/C14H18ClF2N3O2.HI/c1-9-8-20(4-5-21-9)14(18)19-7-10-6-11(15)2-3-12(10)22-13(16)17;/h2-3,6,9,13H,4-5,7-8H2,1H3,(H2,18,19);1H. The zero-order chi connectivity index (χ0) is 16.1. The third kappa shape index (κ3) is 6.27. The molecule has 1 aliphatic heterocycles. The van der Waals surface area contributed by atoms with Gasteiger partial charge in [-0.2, -0.15) is 8.78 Å². The highest BCUT2D eigenvalue weighted by Gasteiger charge is 2.18. The van der Waals surface area contributed by atoms with Gasteiger partial charge in [-0.1, -0.05) is 11.6 Å². The topological polar surface area (TPSA) is 60.1 Å².